The van der Waals surface area contributed by atoms with Gasteiger partial charge in [0.1, 0.15) is 0 Å². The number of benzene rings is 2. The van der Waals surface area contributed by atoms with E-state index < -0.39 is 17.8 Å². The van der Waals surface area contributed by atoms with Crippen LogP contribution < -0.4 is 25.4 Å². The van der Waals surface area contributed by atoms with E-state index in [9.17, 15) is 18.4 Å². The van der Waals surface area contributed by atoms with Gasteiger partial charge < -0.3 is 25.4 Å². The maximum atomic E-state index is 13.5. The largest absolute Gasteiger partial charge is 0.454 e. The van der Waals surface area contributed by atoms with E-state index in [2.05, 4.69) is 16.0 Å². The molecule has 0 spiro atoms. The molecule has 170 valence electrons. The number of alkyl halides is 2. The lowest BCUT2D eigenvalue weighted by atomic mass is 9.94. The Kier molecular flexibility index (Phi) is 6.27. The van der Waals surface area contributed by atoms with Crippen LogP contribution in [-0.4, -0.2) is 31.7 Å². The van der Waals surface area contributed by atoms with Crippen LogP contribution in [0.1, 0.15) is 23.6 Å². The second-order valence-corrected chi connectivity index (χ2v) is 8.08. The predicted octanol–water partition coefficient (Wildman–Crippen LogP) is 2.30. The molecule has 2 heterocycles. The van der Waals surface area contributed by atoms with Crippen LogP contribution in [0.2, 0.25) is 0 Å². The zero-order valence-electron chi connectivity index (χ0n) is 17.6. The van der Waals surface area contributed by atoms with E-state index in [4.69, 9.17) is 9.47 Å². The highest BCUT2D eigenvalue weighted by molar-refractivity contribution is 5.88. The summed E-state index contributed by atoms with van der Waals surface area (Å²) in [7, 11) is 0. The van der Waals surface area contributed by atoms with E-state index in [1.54, 1.807) is 12.1 Å². The molecule has 1 saturated heterocycles. The highest BCUT2D eigenvalue weighted by atomic mass is 19.3. The Labute approximate surface area is 184 Å². The minimum atomic E-state index is -2.95. The van der Waals surface area contributed by atoms with Crippen molar-refractivity contribution in [1.82, 2.24) is 16.0 Å². The molecule has 2 aromatic carbocycles. The van der Waals surface area contributed by atoms with Gasteiger partial charge in [-0.05, 0) is 29.3 Å². The van der Waals surface area contributed by atoms with Crippen LogP contribution in [0.25, 0.3) is 0 Å². The number of rotatable bonds is 7. The molecule has 0 bridgehead atoms. The molecule has 2 amide bonds. The SMILES string of the molecule is CC(F)(F)c1cccc(CNC(=O)C2CNC[C@@H]2C(=O)NCc2ccc3c(c2)OCO3)c1. The van der Waals surface area contributed by atoms with Crippen molar-refractivity contribution >= 4 is 11.8 Å². The summed E-state index contributed by atoms with van der Waals surface area (Å²) in [6.45, 7) is 2.20. The van der Waals surface area contributed by atoms with Crippen LogP contribution in [0.4, 0.5) is 8.78 Å². The molecular formula is C23H25F2N3O4. The first-order valence-electron chi connectivity index (χ1n) is 10.4. The van der Waals surface area contributed by atoms with E-state index in [1.807, 2.05) is 12.1 Å². The number of carbonyl (C=O) groups is 2. The molecule has 1 fully saturated rings. The van der Waals surface area contributed by atoms with Crippen LogP contribution in [0.5, 0.6) is 11.5 Å². The molecular weight excluding hydrogens is 420 g/mol. The molecule has 0 aromatic heterocycles. The minimum Gasteiger partial charge on any atom is -0.454 e. The Bertz CT molecular complexity index is 1010. The third kappa shape index (κ3) is 4.99. The number of ether oxygens (including phenoxy) is 2. The summed E-state index contributed by atoms with van der Waals surface area (Å²) < 4.78 is 37.7. The Morgan fingerprint density at radius 2 is 1.59 bits per heavy atom. The monoisotopic (exact) mass is 445 g/mol. The third-order valence-corrected chi connectivity index (χ3v) is 5.69. The highest BCUT2D eigenvalue weighted by Gasteiger charge is 2.37. The molecule has 2 aromatic rings. The molecule has 2 atom stereocenters. The number of hydrogen-bond acceptors (Lipinski definition) is 5. The van der Waals surface area contributed by atoms with E-state index in [-0.39, 0.29) is 30.7 Å². The lowest BCUT2D eigenvalue weighted by molar-refractivity contribution is -0.133. The first-order valence-corrected chi connectivity index (χ1v) is 10.4. The maximum Gasteiger partial charge on any atom is 0.270 e. The van der Waals surface area contributed by atoms with Crippen molar-refractivity contribution in [2.24, 2.45) is 11.8 Å². The van der Waals surface area contributed by atoms with Crippen LogP contribution >= 0.6 is 0 Å². The molecule has 2 aliphatic rings. The van der Waals surface area contributed by atoms with Crippen molar-refractivity contribution in [1.29, 1.82) is 0 Å². The summed E-state index contributed by atoms with van der Waals surface area (Å²) in [5.74, 6) is -3.20. The van der Waals surface area contributed by atoms with Gasteiger partial charge in [-0.2, -0.15) is 0 Å². The molecule has 4 rings (SSSR count). The normalized spacial score (nSPS) is 19.6. The molecule has 32 heavy (non-hydrogen) atoms. The standard InChI is InChI=1S/C23H25F2N3O4/c1-23(24,25)16-4-2-3-14(7-16)9-27-21(29)17-11-26-12-18(17)22(30)28-10-15-5-6-19-20(8-15)32-13-31-19/h2-8,17-18,26H,9-13H2,1H3,(H,27,29)(H,28,30)/t17?,18-/m0/s1. The van der Waals surface area contributed by atoms with Gasteiger partial charge in [0.15, 0.2) is 11.5 Å². The van der Waals surface area contributed by atoms with Crippen molar-refractivity contribution in [3.05, 3.63) is 59.2 Å². The van der Waals surface area contributed by atoms with Crippen LogP contribution in [0.3, 0.4) is 0 Å². The third-order valence-electron chi connectivity index (χ3n) is 5.69. The average molecular weight is 445 g/mol. The van der Waals surface area contributed by atoms with Crippen molar-refractivity contribution in [3.63, 3.8) is 0 Å². The predicted molar refractivity (Wildman–Crippen MR) is 112 cm³/mol. The average Bonchev–Trinajstić information content (AvgIpc) is 3.44. The first-order chi connectivity index (χ1) is 15.3. The van der Waals surface area contributed by atoms with Gasteiger partial charge in [-0.15, -0.1) is 0 Å². The fraction of sp³-hybridized carbons (Fsp3) is 0.391. The Hall–Kier alpha value is -3.20. The highest BCUT2D eigenvalue weighted by Crippen LogP contribution is 2.32. The van der Waals surface area contributed by atoms with Gasteiger partial charge >= 0.3 is 0 Å². The van der Waals surface area contributed by atoms with Crippen molar-refractivity contribution in [3.8, 4) is 11.5 Å². The summed E-state index contributed by atoms with van der Waals surface area (Å²) in [5.41, 5.74) is 1.34. The molecule has 3 N–H and O–H groups in total. The molecule has 1 unspecified atom stereocenters. The second kappa shape index (κ2) is 9.12. The summed E-state index contributed by atoms with van der Waals surface area (Å²) in [5, 5.41) is 8.73. The zero-order chi connectivity index (χ0) is 22.7. The molecule has 2 aliphatic heterocycles. The lowest BCUT2D eigenvalue weighted by Crippen LogP contribution is -2.41. The Morgan fingerprint density at radius 1 is 0.969 bits per heavy atom. The summed E-state index contributed by atoms with van der Waals surface area (Å²) in [6, 6.07) is 11.4. The summed E-state index contributed by atoms with van der Waals surface area (Å²) in [4.78, 5) is 25.4. The summed E-state index contributed by atoms with van der Waals surface area (Å²) >= 11 is 0. The fourth-order valence-electron chi connectivity index (χ4n) is 3.88. The Balaban J connectivity index is 1.31. The van der Waals surface area contributed by atoms with Gasteiger partial charge in [0, 0.05) is 38.7 Å². The molecule has 9 heteroatoms. The van der Waals surface area contributed by atoms with Crippen LogP contribution in [0.15, 0.2) is 42.5 Å². The van der Waals surface area contributed by atoms with E-state index in [1.165, 1.54) is 18.2 Å². The van der Waals surface area contributed by atoms with E-state index in [0.29, 0.717) is 36.7 Å². The van der Waals surface area contributed by atoms with E-state index >= 15 is 0 Å². The number of carbonyl (C=O) groups excluding carboxylic acids is 2. The first kappa shape index (κ1) is 22.0. The maximum absolute atomic E-state index is 13.5. The quantitative estimate of drug-likeness (QED) is 0.609. The second-order valence-electron chi connectivity index (χ2n) is 8.08. The topological polar surface area (TPSA) is 88.7 Å². The van der Waals surface area contributed by atoms with Gasteiger partial charge in [0.05, 0.1) is 11.8 Å². The number of halogens is 2. The number of nitrogens with one attached hydrogen (secondary N) is 3. The van der Waals surface area contributed by atoms with Gasteiger partial charge in [-0.3, -0.25) is 9.59 Å². The van der Waals surface area contributed by atoms with Crippen molar-refractivity contribution in [2.45, 2.75) is 25.9 Å². The summed E-state index contributed by atoms with van der Waals surface area (Å²) in [6.07, 6.45) is 0. The van der Waals surface area contributed by atoms with Gasteiger partial charge in [-0.25, -0.2) is 8.78 Å². The number of hydrogen-bond donors (Lipinski definition) is 3. The van der Waals surface area contributed by atoms with Gasteiger partial charge in [0.25, 0.3) is 5.92 Å². The van der Waals surface area contributed by atoms with Gasteiger partial charge in [-0.1, -0.05) is 24.3 Å². The lowest BCUT2D eigenvalue weighted by Gasteiger charge is -2.18. The molecule has 0 aliphatic carbocycles. The van der Waals surface area contributed by atoms with E-state index in [0.717, 1.165) is 12.5 Å². The number of amides is 2. The van der Waals surface area contributed by atoms with Crippen LogP contribution in [0, 0.1) is 11.8 Å². The molecule has 0 radical (unpaired) electrons. The fourth-order valence-corrected chi connectivity index (χ4v) is 3.88. The van der Waals surface area contributed by atoms with Crippen molar-refractivity contribution in [2.75, 3.05) is 19.9 Å². The van der Waals surface area contributed by atoms with Crippen molar-refractivity contribution < 1.29 is 27.8 Å². The molecule has 0 saturated carbocycles. The smallest absolute Gasteiger partial charge is 0.270 e. The van der Waals surface area contributed by atoms with Crippen LogP contribution in [-0.2, 0) is 28.6 Å². The zero-order valence-corrected chi connectivity index (χ0v) is 17.6. The number of fused-ring (bicyclic) bond motifs is 1. The van der Waals surface area contributed by atoms with Gasteiger partial charge in [0.2, 0.25) is 18.6 Å². The minimum absolute atomic E-state index is 0.104. The Morgan fingerprint density at radius 3 is 2.25 bits per heavy atom. The molecule has 7 nitrogen and oxygen atoms in total.